The maximum atomic E-state index is 6.27. The molecule has 0 bridgehead atoms. The molecule has 0 amide bonds. The zero-order chi connectivity index (χ0) is 13.5. The van der Waals surface area contributed by atoms with E-state index in [2.05, 4.69) is 67.2 Å². The van der Waals surface area contributed by atoms with Crippen LogP contribution < -0.4 is 10.4 Å². The molecule has 2 aromatic rings. The molecular formula is C13H20O2Si4. The van der Waals surface area contributed by atoms with Gasteiger partial charge < -0.3 is 8.23 Å². The summed E-state index contributed by atoms with van der Waals surface area (Å²) in [4.78, 5) is 0. The molecule has 6 heteroatoms. The Morgan fingerprint density at radius 3 is 1.95 bits per heavy atom. The van der Waals surface area contributed by atoms with Crippen molar-refractivity contribution in [2.24, 2.45) is 0 Å². The molecule has 0 aliphatic rings. The fourth-order valence-corrected chi connectivity index (χ4v) is 14.7. The van der Waals surface area contributed by atoms with Gasteiger partial charge in [-0.25, -0.2) is 0 Å². The van der Waals surface area contributed by atoms with E-state index in [-0.39, 0.29) is 0 Å². The van der Waals surface area contributed by atoms with E-state index in [1.54, 1.807) is 0 Å². The Bertz CT molecular complexity index is 481. The van der Waals surface area contributed by atoms with Crippen molar-refractivity contribution >= 4 is 47.7 Å². The molecule has 0 saturated heterocycles. The minimum absolute atomic E-state index is 0.551. The summed E-state index contributed by atoms with van der Waals surface area (Å²) in [7, 11) is -2.19. The summed E-state index contributed by atoms with van der Waals surface area (Å²) in [6, 6.07) is 21.3. The molecule has 2 nitrogen and oxygen atoms in total. The molecule has 2 aromatic carbocycles. The standard InChI is InChI=1S/C13H20O2Si4/c1-18(12-8-4-2-5-9-12)15-17-19(14-16)13-10-6-3-7-11-13/h2-11,18-19H,17H2,1,16H3. The van der Waals surface area contributed by atoms with E-state index in [1.165, 1.54) is 10.4 Å². The van der Waals surface area contributed by atoms with Gasteiger partial charge in [-0.2, -0.15) is 0 Å². The molecule has 2 unspecified atom stereocenters. The second kappa shape index (κ2) is 7.73. The normalized spacial score (nSPS) is 14.8. The van der Waals surface area contributed by atoms with Crippen LogP contribution in [0.1, 0.15) is 0 Å². The van der Waals surface area contributed by atoms with E-state index in [4.69, 9.17) is 8.23 Å². The van der Waals surface area contributed by atoms with Crippen LogP contribution in [0.2, 0.25) is 6.55 Å². The minimum atomic E-state index is -1.24. The molecule has 0 aliphatic heterocycles. The van der Waals surface area contributed by atoms with Gasteiger partial charge in [0.25, 0.3) is 0 Å². The first-order valence-corrected chi connectivity index (χ1v) is 14.5. The van der Waals surface area contributed by atoms with Crippen LogP contribution in [0.25, 0.3) is 0 Å². The van der Waals surface area contributed by atoms with Gasteiger partial charge in [0.1, 0.15) is 10.5 Å². The van der Waals surface area contributed by atoms with Crippen molar-refractivity contribution in [1.29, 1.82) is 0 Å². The molecule has 0 aromatic heterocycles. The van der Waals surface area contributed by atoms with Crippen LogP contribution >= 0.6 is 0 Å². The molecule has 0 aliphatic carbocycles. The number of hydrogen-bond donors (Lipinski definition) is 0. The maximum absolute atomic E-state index is 6.27. The number of benzene rings is 2. The summed E-state index contributed by atoms with van der Waals surface area (Å²) in [5, 5.41) is 2.79. The Morgan fingerprint density at radius 2 is 1.42 bits per heavy atom. The van der Waals surface area contributed by atoms with E-state index in [9.17, 15) is 0 Å². The fraction of sp³-hybridized carbons (Fsp3) is 0.0769. The van der Waals surface area contributed by atoms with Crippen molar-refractivity contribution in [1.82, 2.24) is 0 Å². The first-order valence-electron chi connectivity index (χ1n) is 6.55. The Morgan fingerprint density at radius 1 is 0.895 bits per heavy atom. The Hall–Kier alpha value is -0.772. The first-order chi connectivity index (χ1) is 9.31. The Kier molecular flexibility index (Phi) is 5.95. The molecule has 100 valence electrons. The van der Waals surface area contributed by atoms with Gasteiger partial charge in [0.15, 0.2) is 18.3 Å². The van der Waals surface area contributed by atoms with Crippen molar-refractivity contribution in [3.05, 3.63) is 60.7 Å². The predicted octanol–water partition coefficient (Wildman–Crippen LogP) is -1.23. The van der Waals surface area contributed by atoms with Crippen molar-refractivity contribution in [3.63, 3.8) is 0 Å². The van der Waals surface area contributed by atoms with Crippen LogP contribution in [0.3, 0.4) is 0 Å². The molecular weight excluding hydrogens is 300 g/mol. The van der Waals surface area contributed by atoms with Crippen LogP contribution in [-0.4, -0.2) is 37.4 Å². The van der Waals surface area contributed by atoms with Crippen LogP contribution in [-0.2, 0) is 8.23 Å². The lowest BCUT2D eigenvalue weighted by Crippen LogP contribution is -2.44. The molecule has 19 heavy (non-hydrogen) atoms. The first kappa shape index (κ1) is 14.6. The highest BCUT2D eigenvalue weighted by molar-refractivity contribution is 7.15. The fourth-order valence-electron chi connectivity index (χ4n) is 2.02. The summed E-state index contributed by atoms with van der Waals surface area (Å²) < 4.78 is 12.1. The highest BCUT2D eigenvalue weighted by atomic mass is 29.2. The van der Waals surface area contributed by atoms with E-state index >= 15 is 0 Å². The summed E-state index contributed by atoms with van der Waals surface area (Å²) in [5.41, 5.74) is 0. The minimum Gasteiger partial charge on any atom is -0.463 e. The molecule has 0 saturated carbocycles. The van der Waals surface area contributed by atoms with Gasteiger partial charge in [0.05, 0.1) is 0 Å². The molecule has 0 fully saturated rings. The van der Waals surface area contributed by atoms with Gasteiger partial charge in [-0.1, -0.05) is 60.7 Å². The van der Waals surface area contributed by atoms with Gasteiger partial charge in [-0.3, -0.25) is 0 Å². The smallest absolute Gasteiger partial charge is 0.204 e. The van der Waals surface area contributed by atoms with E-state index < -0.39 is 26.9 Å². The Labute approximate surface area is 123 Å². The topological polar surface area (TPSA) is 18.5 Å². The molecule has 2 rings (SSSR count). The number of hydrogen-bond acceptors (Lipinski definition) is 2. The molecule has 2 atom stereocenters. The van der Waals surface area contributed by atoms with Gasteiger partial charge >= 0.3 is 0 Å². The van der Waals surface area contributed by atoms with E-state index in [1.807, 2.05) is 0 Å². The summed E-state index contributed by atoms with van der Waals surface area (Å²) in [6.45, 7) is 2.27. The molecule has 0 spiro atoms. The average Bonchev–Trinajstić information content (AvgIpc) is 2.49. The third-order valence-corrected chi connectivity index (χ3v) is 18.1. The SMILES string of the molecule is C[SiH](O[SiH2][SiH](O[SiH3])c1ccccc1)c1ccccc1. The number of rotatable bonds is 6. The lowest BCUT2D eigenvalue weighted by Gasteiger charge is -2.18. The third kappa shape index (κ3) is 4.37. The summed E-state index contributed by atoms with van der Waals surface area (Å²) in [5.74, 6) is 0. The van der Waals surface area contributed by atoms with E-state index in [0.717, 1.165) is 10.5 Å². The summed E-state index contributed by atoms with van der Waals surface area (Å²) in [6.07, 6.45) is 0. The zero-order valence-electron chi connectivity index (χ0n) is 11.5. The largest absolute Gasteiger partial charge is 0.463 e. The van der Waals surface area contributed by atoms with E-state index in [0.29, 0.717) is 0 Å². The van der Waals surface area contributed by atoms with Gasteiger partial charge in [-0.05, 0) is 16.9 Å². The van der Waals surface area contributed by atoms with Crippen molar-refractivity contribution in [2.75, 3.05) is 0 Å². The predicted molar refractivity (Wildman–Crippen MR) is 93.0 cm³/mol. The molecule has 0 radical (unpaired) electrons. The highest BCUT2D eigenvalue weighted by Crippen LogP contribution is 1.93. The van der Waals surface area contributed by atoms with Crippen LogP contribution in [0.15, 0.2) is 60.7 Å². The molecule has 0 heterocycles. The Balaban J connectivity index is 1.94. The van der Waals surface area contributed by atoms with Crippen molar-refractivity contribution in [3.8, 4) is 0 Å². The van der Waals surface area contributed by atoms with Gasteiger partial charge in [0.2, 0.25) is 8.56 Å². The molecule has 0 N–H and O–H groups in total. The quantitative estimate of drug-likeness (QED) is 0.621. The van der Waals surface area contributed by atoms with Crippen molar-refractivity contribution in [2.45, 2.75) is 6.55 Å². The second-order valence-corrected chi connectivity index (χ2v) is 14.9. The van der Waals surface area contributed by atoms with Crippen LogP contribution in [0, 0.1) is 0 Å². The average molecular weight is 321 g/mol. The van der Waals surface area contributed by atoms with Gasteiger partial charge in [0, 0.05) is 0 Å². The lowest BCUT2D eigenvalue weighted by atomic mass is 10.4. The van der Waals surface area contributed by atoms with Crippen LogP contribution in [0.5, 0.6) is 0 Å². The second-order valence-electron chi connectivity index (χ2n) is 4.52. The highest BCUT2D eigenvalue weighted by Gasteiger charge is 2.16. The van der Waals surface area contributed by atoms with Crippen LogP contribution in [0.4, 0.5) is 0 Å². The van der Waals surface area contributed by atoms with Gasteiger partial charge in [-0.15, -0.1) is 0 Å². The summed E-state index contributed by atoms with van der Waals surface area (Å²) >= 11 is 0. The monoisotopic (exact) mass is 320 g/mol. The maximum Gasteiger partial charge on any atom is 0.204 e. The lowest BCUT2D eigenvalue weighted by molar-refractivity contribution is 0.617. The van der Waals surface area contributed by atoms with Crippen molar-refractivity contribution < 1.29 is 8.23 Å². The third-order valence-electron chi connectivity index (χ3n) is 3.22. The zero-order valence-corrected chi connectivity index (χ0v) is 17.2.